The fraction of sp³-hybridized carbons (Fsp3) is 0.286. The summed E-state index contributed by atoms with van der Waals surface area (Å²) < 4.78 is 33.0. The van der Waals surface area contributed by atoms with Crippen LogP contribution in [-0.4, -0.2) is 43.0 Å². The maximum absolute atomic E-state index is 13.2. The van der Waals surface area contributed by atoms with E-state index in [0.29, 0.717) is 11.0 Å². The van der Waals surface area contributed by atoms with Crippen molar-refractivity contribution in [3.8, 4) is 5.75 Å². The molecular formula is C21H22N4O4S2. The number of nitrogens with zero attached hydrogens (tertiary/aromatic N) is 3. The van der Waals surface area contributed by atoms with Crippen LogP contribution in [-0.2, 0) is 16.6 Å². The van der Waals surface area contributed by atoms with Gasteiger partial charge in [0.1, 0.15) is 15.7 Å². The molecule has 0 spiro atoms. The summed E-state index contributed by atoms with van der Waals surface area (Å²) in [5.74, 6) is 0.160. The summed E-state index contributed by atoms with van der Waals surface area (Å²) in [6, 6.07) is 13.6. The second-order valence-corrected chi connectivity index (χ2v) is 10.3. The van der Waals surface area contributed by atoms with Gasteiger partial charge in [0.05, 0.1) is 7.11 Å². The number of sulfonamides is 1. The lowest BCUT2D eigenvalue weighted by Crippen LogP contribution is -2.27. The smallest absolute Gasteiger partial charge is 0.257 e. The van der Waals surface area contributed by atoms with E-state index in [2.05, 4.69) is 15.5 Å². The molecule has 0 aliphatic heterocycles. The molecule has 1 aliphatic rings. The lowest BCUT2D eigenvalue weighted by Gasteiger charge is -2.19. The Hall–Kier alpha value is -2.82. The van der Waals surface area contributed by atoms with Crippen LogP contribution >= 0.6 is 11.3 Å². The third-order valence-electron chi connectivity index (χ3n) is 4.95. The van der Waals surface area contributed by atoms with Gasteiger partial charge < -0.3 is 4.74 Å². The molecule has 2 aromatic carbocycles. The molecule has 1 amide bonds. The standard InChI is InChI=1S/C21H22N4O4S2/c1-25(13-14-6-4-3-5-7-14)31(27,28)18-12-16(10-11-17(18)29-2)19(26)22-21-24-23-20(30-21)15-8-9-15/h3-7,10-12,15H,8-9,13H2,1-2H3,(H,22,24,26). The number of nitrogens with one attached hydrogen (secondary N) is 1. The van der Waals surface area contributed by atoms with Crippen molar-refractivity contribution >= 4 is 32.4 Å². The molecule has 0 atom stereocenters. The predicted molar refractivity (Wildman–Crippen MR) is 118 cm³/mol. The molecule has 0 unspecified atom stereocenters. The molecule has 10 heteroatoms. The maximum atomic E-state index is 13.2. The van der Waals surface area contributed by atoms with Crippen LogP contribution in [0.25, 0.3) is 0 Å². The summed E-state index contributed by atoms with van der Waals surface area (Å²) in [6.45, 7) is 0.192. The van der Waals surface area contributed by atoms with Crippen LogP contribution in [0.1, 0.15) is 39.7 Å². The molecule has 1 fully saturated rings. The van der Waals surface area contributed by atoms with E-state index in [-0.39, 0.29) is 22.8 Å². The lowest BCUT2D eigenvalue weighted by atomic mass is 10.2. The number of hydrogen-bond acceptors (Lipinski definition) is 7. The zero-order chi connectivity index (χ0) is 22.0. The summed E-state index contributed by atoms with van der Waals surface area (Å²) in [7, 11) is -1.01. The highest BCUT2D eigenvalue weighted by molar-refractivity contribution is 7.89. The number of aromatic nitrogens is 2. The topological polar surface area (TPSA) is 101 Å². The van der Waals surface area contributed by atoms with Crippen LogP contribution < -0.4 is 10.1 Å². The van der Waals surface area contributed by atoms with Gasteiger partial charge in [0, 0.05) is 25.1 Å². The largest absolute Gasteiger partial charge is 0.495 e. The first-order valence-corrected chi connectivity index (χ1v) is 12.0. The zero-order valence-electron chi connectivity index (χ0n) is 17.1. The van der Waals surface area contributed by atoms with Crippen molar-refractivity contribution in [3.05, 3.63) is 64.7 Å². The van der Waals surface area contributed by atoms with Crippen molar-refractivity contribution in [3.63, 3.8) is 0 Å². The summed E-state index contributed by atoms with van der Waals surface area (Å²) in [5.41, 5.74) is 1.04. The highest BCUT2D eigenvalue weighted by Crippen LogP contribution is 2.42. The summed E-state index contributed by atoms with van der Waals surface area (Å²) >= 11 is 1.34. The number of carbonyl (C=O) groups excluding carboxylic acids is 1. The number of methoxy groups -OCH3 is 1. The van der Waals surface area contributed by atoms with Crippen LogP contribution in [0.2, 0.25) is 0 Å². The lowest BCUT2D eigenvalue weighted by molar-refractivity contribution is 0.102. The molecule has 0 bridgehead atoms. The first kappa shape index (κ1) is 21.4. The van der Waals surface area contributed by atoms with Crippen LogP contribution in [0, 0.1) is 0 Å². The van der Waals surface area contributed by atoms with E-state index in [1.54, 1.807) is 0 Å². The highest BCUT2D eigenvalue weighted by Gasteiger charge is 2.29. The minimum absolute atomic E-state index is 0.0722. The Morgan fingerprint density at radius 2 is 1.94 bits per heavy atom. The van der Waals surface area contributed by atoms with E-state index in [9.17, 15) is 13.2 Å². The minimum Gasteiger partial charge on any atom is -0.495 e. The molecule has 1 saturated carbocycles. The Balaban J connectivity index is 1.57. The molecule has 31 heavy (non-hydrogen) atoms. The highest BCUT2D eigenvalue weighted by atomic mass is 32.2. The number of anilines is 1. The molecule has 1 aliphatic carbocycles. The Bertz CT molecular complexity index is 1190. The van der Waals surface area contributed by atoms with Gasteiger partial charge in [-0.25, -0.2) is 8.42 Å². The number of amides is 1. The Kier molecular flexibility index (Phi) is 6.03. The van der Waals surface area contributed by atoms with Crippen LogP contribution in [0.4, 0.5) is 5.13 Å². The van der Waals surface area contributed by atoms with Crippen molar-refractivity contribution in [2.24, 2.45) is 0 Å². The van der Waals surface area contributed by atoms with Crippen molar-refractivity contribution < 1.29 is 17.9 Å². The summed E-state index contributed by atoms with van der Waals surface area (Å²) in [6.07, 6.45) is 2.19. The predicted octanol–water partition coefficient (Wildman–Crippen LogP) is 3.50. The molecule has 8 nitrogen and oxygen atoms in total. The first-order valence-electron chi connectivity index (χ1n) is 9.71. The second-order valence-electron chi connectivity index (χ2n) is 7.29. The normalized spacial score (nSPS) is 13.9. The number of rotatable bonds is 8. The van der Waals surface area contributed by atoms with E-state index >= 15 is 0 Å². The number of hydrogen-bond donors (Lipinski definition) is 1. The van der Waals surface area contributed by atoms with Gasteiger partial charge in [-0.15, -0.1) is 10.2 Å². The fourth-order valence-electron chi connectivity index (χ4n) is 3.06. The number of carbonyl (C=O) groups is 1. The van der Waals surface area contributed by atoms with Crippen LogP contribution in [0.3, 0.4) is 0 Å². The van der Waals surface area contributed by atoms with E-state index in [1.165, 1.54) is 48.0 Å². The molecule has 3 aromatic rings. The number of ether oxygens (including phenoxy) is 1. The van der Waals surface area contributed by atoms with Gasteiger partial charge in [0.25, 0.3) is 5.91 Å². The first-order chi connectivity index (χ1) is 14.9. The van der Waals surface area contributed by atoms with Gasteiger partial charge in [-0.1, -0.05) is 41.7 Å². The summed E-state index contributed by atoms with van der Waals surface area (Å²) in [5, 5.41) is 12.1. The SMILES string of the molecule is COc1ccc(C(=O)Nc2nnc(C3CC3)s2)cc1S(=O)(=O)N(C)Cc1ccccc1. The van der Waals surface area contributed by atoms with Gasteiger partial charge in [0.2, 0.25) is 15.2 Å². The zero-order valence-corrected chi connectivity index (χ0v) is 18.7. The molecule has 0 saturated heterocycles. The van der Waals surface area contributed by atoms with E-state index < -0.39 is 15.9 Å². The van der Waals surface area contributed by atoms with Gasteiger partial charge >= 0.3 is 0 Å². The number of benzene rings is 2. The molecule has 4 rings (SSSR count). The molecule has 162 valence electrons. The van der Waals surface area contributed by atoms with Gasteiger partial charge in [0.15, 0.2) is 0 Å². The average molecular weight is 459 g/mol. The minimum atomic E-state index is -3.90. The molecule has 1 aromatic heterocycles. The maximum Gasteiger partial charge on any atom is 0.257 e. The van der Waals surface area contributed by atoms with Gasteiger partial charge in [-0.3, -0.25) is 10.1 Å². The summed E-state index contributed by atoms with van der Waals surface area (Å²) in [4.78, 5) is 12.7. The van der Waals surface area contributed by atoms with Crippen molar-refractivity contribution in [2.45, 2.75) is 30.2 Å². The van der Waals surface area contributed by atoms with Crippen LogP contribution in [0.15, 0.2) is 53.4 Å². The molecular weight excluding hydrogens is 436 g/mol. The third kappa shape index (κ3) is 4.76. The van der Waals surface area contributed by atoms with E-state index in [4.69, 9.17) is 4.74 Å². The van der Waals surface area contributed by atoms with Gasteiger partial charge in [-0.2, -0.15) is 4.31 Å². The Morgan fingerprint density at radius 1 is 1.19 bits per heavy atom. The second kappa shape index (κ2) is 8.74. The average Bonchev–Trinajstić information content (AvgIpc) is 3.53. The van der Waals surface area contributed by atoms with Crippen LogP contribution in [0.5, 0.6) is 5.75 Å². The van der Waals surface area contributed by atoms with E-state index in [0.717, 1.165) is 23.4 Å². The Morgan fingerprint density at radius 3 is 2.61 bits per heavy atom. The third-order valence-corrected chi connectivity index (χ3v) is 7.78. The van der Waals surface area contributed by atoms with E-state index in [1.807, 2.05) is 30.3 Å². The van der Waals surface area contributed by atoms with Crippen molar-refractivity contribution in [2.75, 3.05) is 19.5 Å². The monoisotopic (exact) mass is 458 g/mol. The quantitative estimate of drug-likeness (QED) is 0.554. The van der Waals surface area contributed by atoms with Gasteiger partial charge in [-0.05, 0) is 36.6 Å². The van der Waals surface area contributed by atoms with Crippen molar-refractivity contribution in [1.29, 1.82) is 0 Å². The Labute approximate surface area is 184 Å². The molecule has 1 N–H and O–H groups in total. The molecule has 1 heterocycles. The van der Waals surface area contributed by atoms with Crippen molar-refractivity contribution in [1.82, 2.24) is 14.5 Å². The molecule has 0 radical (unpaired) electrons. The fourth-order valence-corrected chi connectivity index (χ4v) is 5.31.